The normalized spacial score (nSPS) is 29.1. The number of piperidine rings is 1. The van der Waals surface area contributed by atoms with Crippen LogP contribution >= 0.6 is 0 Å². The van der Waals surface area contributed by atoms with Crippen LogP contribution in [0.3, 0.4) is 0 Å². The van der Waals surface area contributed by atoms with Crippen LogP contribution in [0, 0.1) is 11.3 Å². The van der Waals surface area contributed by atoms with Crippen molar-refractivity contribution >= 4 is 0 Å². The number of hydrogen-bond acceptors (Lipinski definition) is 2. The molecule has 2 N–H and O–H groups in total. The van der Waals surface area contributed by atoms with Crippen molar-refractivity contribution in [3.8, 4) is 0 Å². The van der Waals surface area contributed by atoms with E-state index in [-0.39, 0.29) is 0 Å². The Morgan fingerprint density at radius 1 is 1.46 bits per heavy atom. The summed E-state index contributed by atoms with van der Waals surface area (Å²) in [6.45, 7) is 11.5. The SMILES string of the molecule is CCCN1CCC(CN)C(C)(C)C1. The van der Waals surface area contributed by atoms with Gasteiger partial charge in [0.05, 0.1) is 0 Å². The molecule has 0 aliphatic carbocycles. The quantitative estimate of drug-likeness (QED) is 0.723. The molecule has 13 heavy (non-hydrogen) atoms. The van der Waals surface area contributed by atoms with Gasteiger partial charge in [-0.25, -0.2) is 0 Å². The summed E-state index contributed by atoms with van der Waals surface area (Å²) in [6.07, 6.45) is 2.55. The van der Waals surface area contributed by atoms with Crippen molar-refractivity contribution in [1.82, 2.24) is 4.90 Å². The molecule has 0 amide bonds. The highest BCUT2D eigenvalue weighted by molar-refractivity contribution is 4.87. The van der Waals surface area contributed by atoms with Gasteiger partial charge in [0, 0.05) is 6.54 Å². The van der Waals surface area contributed by atoms with Crippen molar-refractivity contribution in [2.75, 3.05) is 26.2 Å². The fourth-order valence-electron chi connectivity index (χ4n) is 2.46. The van der Waals surface area contributed by atoms with Crippen molar-refractivity contribution in [3.05, 3.63) is 0 Å². The zero-order valence-electron chi connectivity index (χ0n) is 9.34. The highest BCUT2D eigenvalue weighted by Crippen LogP contribution is 2.33. The largest absolute Gasteiger partial charge is 0.330 e. The molecule has 0 radical (unpaired) electrons. The molecule has 1 unspecified atom stereocenters. The Hall–Kier alpha value is -0.0800. The molecule has 1 heterocycles. The van der Waals surface area contributed by atoms with E-state index in [0.717, 1.165) is 12.5 Å². The molecule has 0 aromatic rings. The Morgan fingerprint density at radius 3 is 2.62 bits per heavy atom. The standard InChI is InChI=1S/C11H24N2/c1-4-6-13-7-5-10(8-12)11(2,3)9-13/h10H,4-9,12H2,1-3H3. The number of rotatable bonds is 3. The van der Waals surface area contributed by atoms with Gasteiger partial charge in [0.15, 0.2) is 0 Å². The van der Waals surface area contributed by atoms with E-state index in [0.29, 0.717) is 5.41 Å². The Kier molecular flexibility index (Phi) is 3.74. The van der Waals surface area contributed by atoms with Gasteiger partial charge in [-0.05, 0) is 43.8 Å². The van der Waals surface area contributed by atoms with Gasteiger partial charge in [-0.1, -0.05) is 20.8 Å². The van der Waals surface area contributed by atoms with Crippen LogP contribution in [-0.4, -0.2) is 31.1 Å². The molecular weight excluding hydrogens is 160 g/mol. The minimum absolute atomic E-state index is 0.419. The maximum Gasteiger partial charge on any atom is 0.00358 e. The van der Waals surface area contributed by atoms with Crippen LogP contribution in [0.5, 0.6) is 0 Å². The average Bonchev–Trinajstić information content (AvgIpc) is 2.03. The summed E-state index contributed by atoms with van der Waals surface area (Å²) in [5.74, 6) is 0.723. The Balaban J connectivity index is 2.48. The molecule has 1 rings (SSSR count). The van der Waals surface area contributed by atoms with Crippen molar-refractivity contribution in [2.24, 2.45) is 17.1 Å². The molecule has 0 bridgehead atoms. The fourth-order valence-corrected chi connectivity index (χ4v) is 2.46. The highest BCUT2D eigenvalue weighted by Gasteiger charge is 2.34. The van der Waals surface area contributed by atoms with Crippen LogP contribution in [0.4, 0.5) is 0 Å². The van der Waals surface area contributed by atoms with E-state index in [1.54, 1.807) is 0 Å². The Bertz CT molecular complexity index is 154. The molecule has 0 spiro atoms. The number of likely N-dealkylation sites (tertiary alicyclic amines) is 1. The maximum absolute atomic E-state index is 5.78. The van der Waals surface area contributed by atoms with Gasteiger partial charge < -0.3 is 10.6 Å². The van der Waals surface area contributed by atoms with Gasteiger partial charge in [-0.15, -0.1) is 0 Å². The minimum Gasteiger partial charge on any atom is -0.330 e. The minimum atomic E-state index is 0.419. The molecule has 2 heteroatoms. The second-order valence-electron chi connectivity index (χ2n) is 4.99. The molecule has 1 aliphatic heterocycles. The third-order valence-electron chi connectivity index (χ3n) is 3.35. The monoisotopic (exact) mass is 184 g/mol. The van der Waals surface area contributed by atoms with E-state index in [9.17, 15) is 0 Å². The van der Waals surface area contributed by atoms with Crippen molar-refractivity contribution in [1.29, 1.82) is 0 Å². The number of nitrogens with two attached hydrogens (primary N) is 1. The first-order valence-corrected chi connectivity index (χ1v) is 5.52. The second-order valence-corrected chi connectivity index (χ2v) is 4.99. The first-order valence-electron chi connectivity index (χ1n) is 5.52. The van der Waals surface area contributed by atoms with Gasteiger partial charge in [0.2, 0.25) is 0 Å². The van der Waals surface area contributed by atoms with Gasteiger partial charge in [0.1, 0.15) is 0 Å². The summed E-state index contributed by atoms with van der Waals surface area (Å²) < 4.78 is 0. The molecule has 78 valence electrons. The lowest BCUT2D eigenvalue weighted by Crippen LogP contribution is -2.48. The molecular formula is C11H24N2. The van der Waals surface area contributed by atoms with E-state index >= 15 is 0 Å². The number of nitrogens with zero attached hydrogens (tertiary/aromatic N) is 1. The van der Waals surface area contributed by atoms with E-state index in [2.05, 4.69) is 25.7 Å². The molecule has 1 aliphatic rings. The number of hydrogen-bond donors (Lipinski definition) is 1. The zero-order valence-corrected chi connectivity index (χ0v) is 9.34. The van der Waals surface area contributed by atoms with E-state index in [4.69, 9.17) is 5.73 Å². The zero-order chi connectivity index (χ0) is 9.90. The van der Waals surface area contributed by atoms with Gasteiger partial charge in [-0.2, -0.15) is 0 Å². The maximum atomic E-state index is 5.78. The third kappa shape index (κ3) is 2.68. The van der Waals surface area contributed by atoms with Crippen LogP contribution in [0.1, 0.15) is 33.6 Å². The van der Waals surface area contributed by atoms with E-state index in [1.165, 1.54) is 32.5 Å². The summed E-state index contributed by atoms with van der Waals surface area (Å²) in [6, 6.07) is 0. The lowest BCUT2D eigenvalue weighted by atomic mass is 9.74. The van der Waals surface area contributed by atoms with Crippen molar-refractivity contribution in [3.63, 3.8) is 0 Å². The molecule has 2 nitrogen and oxygen atoms in total. The van der Waals surface area contributed by atoms with Crippen LogP contribution in [0.2, 0.25) is 0 Å². The lowest BCUT2D eigenvalue weighted by Gasteiger charge is -2.44. The van der Waals surface area contributed by atoms with E-state index in [1.807, 2.05) is 0 Å². The van der Waals surface area contributed by atoms with Crippen LogP contribution in [0.25, 0.3) is 0 Å². The fraction of sp³-hybridized carbons (Fsp3) is 1.00. The van der Waals surface area contributed by atoms with E-state index < -0.39 is 0 Å². The second kappa shape index (κ2) is 4.43. The Morgan fingerprint density at radius 2 is 2.15 bits per heavy atom. The highest BCUT2D eigenvalue weighted by atomic mass is 15.1. The molecule has 1 atom stereocenters. The molecule has 1 saturated heterocycles. The molecule has 0 saturated carbocycles. The topological polar surface area (TPSA) is 29.3 Å². The third-order valence-corrected chi connectivity index (χ3v) is 3.35. The predicted octanol–water partition coefficient (Wildman–Crippen LogP) is 1.70. The summed E-state index contributed by atoms with van der Waals surface area (Å²) in [5, 5.41) is 0. The molecule has 1 fully saturated rings. The van der Waals surface area contributed by atoms with Crippen LogP contribution < -0.4 is 5.73 Å². The molecule has 0 aromatic carbocycles. The van der Waals surface area contributed by atoms with Gasteiger partial charge in [0.25, 0.3) is 0 Å². The van der Waals surface area contributed by atoms with Gasteiger partial charge >= 0.3 is 0 Å². The smallest absolute Gasteiger partial charge is 0.00358 e. The summed E-state index contributed by atoms with van der Waals surface area (Å²) in [5.41, 5.74) is 6.20. The first-order chi connectivity index (χ1) is 6.10. The Labute approximate surface area is 82.5 Å². The summed E-state index contributed by atoms with van der Waals surface area (Å²) >= 11 is 0. The first kappa shape index (κ1) is 11.0. The van der Waals surface area contributed by atoms with Crippen molar-refractivity contribution in [2.45, 2.75) is 33.6 Å². The van der Waals surface area contributed by atoms with Crippen LogP contribution in [-0.2, 0) is 0 Å². The van der Waals surface area contributed by atoms with Gasteiger partial charge in [-0.3, -0.25) is 0 Å². The van der Waals surface area contributed by atoms with Crippen LogP contribution in [0.15, 0.2) is 0 Å². The van der Waals surface area contributed by atoms with Crippen molar-refractivity contribution < 1.29 is 0 Å². The molecule has 0 aromatic heterocycles. The average molecular weight is 184 g/mol. The predicted molar refractivity (Wildman–Crippen MR) is 57.7 cm³/mol. The summed E-state index contributed by atoms with van der Waals surface area (Å²) in [4.78, 5) is 2.58. The lowest BCUT2D eigenvalue weighted by molar-refractivity contribution is 0.0598. The summed E-state index contributed by atoms with van der Waals surface area (Å²) in [7, 11) is 0.